The number of nitrogens with one attached hydrogen (secondary N) is 1. The predicted octanol–water partition coefficient (Wildman–Crippen LogP) is 6.96. The van der Waals surface area contributed by atoms with E-state index < -0.39 is 17.7 Å². The second kappa shape index (κ2) is 11.9. The van der Waals surface area contributed by atoms with Crippen LogP contribution < -0.4 is 10.2 Å². The highest BCUT2D eigenvalue weighted by molar-refractivity contribution is 6.06. The number of carbonyl (C=O) groups is 1. The minimum atomic E-state index is -4.69. The molecular weight excluding hydrogens is 489 g/mol. The number of hydrogen-bond donors (Lipinski definition) is 1. The van der Waals surface area contributed by atoms with Crippen molar-refractivity contribution in [2.75, 3.05) is 30.4 Å². The molecule has 1 atom stereocenters. The van der Waals surface area contributed by atoms with Gasteiger partial charge in [-0.3, -0.25) is 9.69 Å². The Labute approximate surface area is 222 Å². The van der Waals surface area contributed by atoms with Crippen molar-refractivity contribution >= 4 is 17.3 Å². The summed E-state index contributed by atoms with van der Waals surface area (Å²) in [5, 5.41) is 12.0. The van der Waals surface area contributed by atoms with Gasteiger partial charge in [0.1, 0.15) is 5.70 Å². The van der Waals surface area contributed by atoms with Gasteiger partial charge in [-0.25, -0.2) is 0 Å². The second-order valence-electron chi connectivity index (χ2n) is 10.1. The minimum Gasteiger partial charge on any atom is -0.340 e. The molecule has 38 heavy (non-hydrogen) atoms. The van der Waals surface area contributed by atoms with Crippen LogP contribution in [0.2, 0.25) is 0 Å². The highest BCUT2D eigenvalue weighted by Crippen LogP contribution is 2.39. The van der Waals surface area contributed by atoms with Gasteiger partial charge in [-0.2, -0.15) is 18.4 Å². The molecule has 0 radical (unpaired) electrons. The number of likely N-dealkylation sites (tertiary alicyclic amines) is 1. The van der Waals surface area contributed by atoms with Crippen LogP contribution in [0.15, 0.2) is 72.5 Å². The first-order valence-corrected chi connectivity index (χ1v) is 13.0. The van der Waals surface area contributed by atoms with Crippen LogP contribution in [0.3, 0.4) is 0 Å². The van der Waals surface area contributed by atoms with Crippen molar-refractivity contribution in [2.45, 2.75) is 50.7 Å². The lowest BCUT2D eigenvalue weighted by molar-refractivity contribution is -0.112. The summed E-state index contributed by atoms with van der Waals surface area (Å²) >= 11 is 0. The summed E-state index contributed by atoms with van der Waals surface area (Å²) in [7, 11) is 1.49. The van der Waals surface area contributed by atoms with Crippen molar-refractivity contribution in [3.8, 4) is 6.07 Å². The molecule has 0 bridgehead atoms. The standard InChI is InChI=1S/C30H33F3N4O/c1-21(30(31,32)33)17-28(36(2)26-10-5-7-23(18-26)20-34)29(38)35-25-9-6-8-24(19-25)27(14-13-22-11-12-22)37-15-3-4-16-37/h5-10,17-19,22,27H,1,3-4,11-16H2,2H3,(H,35,38)/b28-17-. The van der Waals surface area contributed by atoms with E-state index >= 15 is 0 Å². The Kier molecular flexibility index (Phi) is 8.58. The van der Waals surface area contributed by atoms with Gasteiger partial charge in [-0.15, -0.1) is 0 Å². The number of carbonyl (C=O) groups excluding carboxylic acids is 1. The Balaban J connectivity index is 1.59. The fourth-order valence-corrected chi connectivity index (χ4v) is 4.92. The molecule has 4 rings (SSSR count). The van der Waals surface area contributed by atoms with E-state index in [9.17, 15) is 23.2 Å². The number of nitrogens with zero attached hydrogens (tertiary/aromatic N) is 3. The molecule has 5 nitrogen and oxygen atoms in total. The monoisotopic (exact) mass is 522 g/mol. The van der Waals surface area contributed by atoms with Crippen LogP contribution in [-0.2, 0) is 4.79 Å². The van der Waals surface area contributed by atoms with Crippen LogP contribution in [0.25, 0.3) is 0 Å². The van der Waals surface area contributed by atoms with Crippen LogP contribution in [0.1, 0.15) is 55.7 Å². The van der Waals surface area contributed by atoms with E-state index in [0.29, 0.717) is 16.9 Å². The maximum atomic E-state index is 13.4. The molecule has 1 saturated carbocycles. The first-order valence-electron chi connectivity index (χ1n) is 13.0. The highest BCUT2D eigenvalue weighted by Gasteiger charge is 2.32. The Hall–Kier alpha value is -3.57. The van der Waals surface area contributed by atoms with E-state index in [4.69, 9.17) is 0 Å². The van der Waals surface area contributed by atoms with E-state index in [1.165, 1.54) is 50.1 Å². The molecular formula is C30H33F3N4O. The van der Waals surface area contributed by atoms with Crippen LogP contribution in [0, 0.1) is 17.2 Å². The Morgan fingerprint density at radius 1 is 1.21 bits per heavy atom. The number of allylic oxidation sites excluding steroid dienone is 2. The van der Waals surface area contributed by atoms with Crippen molar-refractivity contribution < 1.29 is 18.0 Å². The second-order valence-corrected chi connectivity index (χ2v) is 10.1. The smallest absolute Gasteiger partial charge is 0.340 e. The lowest BCUT2D eigenvalue weighted by Crippen LogP contribution is -2.29. The van der Waals surface area contributed by atoms with Crippen LogP contribution in [-0.4, -0.2) is 37.1 Å². The summed E-state index contributed by atoms with van der Waals surface area (Å²) in [5.74, 6) is 0.112. The van der Waals surface area contributed by atoms with Gasteiger partial charge in [0.05, 0.1) is 17.2 Å². The maximum absolute atomic E-state index is 13.4. The number of halogens is 3. The summed E-state index contributed by atoms with van der Waals surface area (Å²) in [4.78, 5) is 17.2. The number of nitriles is 1. The van der Waals surface area contributed by atoms with Crippen molar-refractivity contribution in [2.24, 2.45) is 5.92 Å². The third-order valence-electron chi connectivity index (χ3n) is 7.29. The van der Waals surface area contributed by atoms with Gasteiger partial charge in [0, 0.05) is 24.5 Å². The zero-order chi connectivity index (χ0) is 27.3. The van der Waals surface area contributed by atoms with Crippen LogP contribution >= 0.6 is 0 Å². The molecule has 8 heteroatoms. The van der Waals surface area contributed by atoms with E-state index in [2.05, 4.69) is 22.9 Å². The number of hydrogen-bond acceptors (Lipinski definition) is 4. The summed E-state index contributed by atoms with van der Waals surface area (Å²) in [6.45, 7) is 5.21. The molecule has 1 heterocycles. The van der Waals surface area contributed by atoms with Gasteiger partial charge in [0.15, 0.2) is 0 Å². The van der Waals surface area contributed by atoms with Crippen molar-refractivity contribution in [3.63, 3.8) is 0 Å². The average molecular weight is 523 g/mol. The summed E-state index contributed by atoms with van der Waals surface area (Å²) in [5.41, 5.74) is 0.974. The quantitative estimate of drug-likeness (QED) is 0.271. The maximum Gasteiger partial charge on any atom is 0.415 e. The molecule has 1 N–H and O–H groups in total. The molecule has 1 saturated heterocycles. The van der Waals surface area contributed by atoms with Gasteiger partial charge in [0.25, 0.3) is 5.91 Å². The zero-order valence-electron chi connectivity index (χ0n) is 21.6. The zero-order valence-corrected chi connectivity index (χ0v) is 21.6. The predicted molar refractivity (Wildman–Crippen MR) is 143 cm³/mol. The topological polar surface area (TPSA) is 59.4 Å². The van der Waals surface area contributed by atoms with Crippen LogP contribution in [0.5, 0.6) is 0 Å². The summed E-state index contributed by atoms with van der Waals surface area (Å²) in [6, 6.07) is 16.2. The molecule has 2 fully saturated rings. The van der Waals surface area contributed by atoms with Crippen molar-refractivity contribution in [1.29, 1.82) is 5.26 Å². The summed E-state index contributed by atoms with van der Waals surface area (Å²) < 4.78 is 40.1. The summed E-state index contributed by atoms with van der Waals surface area (Å²) in [6.07, 6.45) is 3.22. The van der Waals surface area contributed by atoms with Gasteiger partial charge in [-0.1, -0.05) is 37.6 Å². The number of rotatable bonds is 10. The third kappa shape index (κ3) is 7.05. The molecule has 0 aromatic heterocycles. The molecule has 2 aromatic rings. The van der Waals surface area contributed by atoms with Gasteiger partial charge in [-0.05, 0) is 86.7 Å². The van der Waals surface area contributed by atoms with Crippen LogP contribution in [0.4, 0.5) is 24.5 Å². The lowest BCUT2D eigenvalue weighted by Gasteiger charge is -2.28. The fraction of sp³-hybridized carbons (Fsp3) is 0.400. The molecule has 1 aliphatic heterocycles. The van der Waals surface area contributed by atoms with Crippen molar-refractivity contribution in [1.82, 2.24) is 4.90 Å². The Morgan fingerprint density at radius 2 is 1.92 bits per heavy atom. The number of anilines is 2. The SMILES string of the molecule is C=C(/C=C(/C(=O)Nc1cccc(C(CCC2CC2)N2CCCC2)c1)N(C)c1cccc(C#N)c1)C(F)(F)F. The fourth-order valence-electron chi connectivity index (χ4n) is 4.92. The average Bonchev–Trinajstić information content (AvgIpc) is 3.57. The molecule has 2 aromatic carbocycles. The molecule has 0 spiro atoms. The Bertz CT molecular complexity index is 1240. The normalized spacial score (nSPS) is 17.1. The Morgan fingerprint density at radius 3 is 2.58 bits per heavy atom. The lowest BCUT2D eigenvalue weighted by atomic mass is 9.98. The first kappa shape index (κ1) is 27.5. The molecule has 200 valence electrons. The van der Waals surface area contributed by atoms with E-state index in [-0.39, 0.29) is 11.7 Å². The number of benzene rings is 2. The van der Waals surface area contributed by atoms with E-state index in [1.54, 1.807) is 24.3 Å². The molecule has 1 aliphatic carbocycles. The van der Waals surface area contributed by atoms with Gasteiger partial charge in [0.2, 0.25) is 0 Å². The van der Waals surface area contributed by atoms with E-state index in [0.717, 1.165) is 37.1 Å². The first-order chi connectivity index (χ1) is 18.2. The molecule has 1 unspecified atom stereocenters. The third-order valence-corrected chi connectivity index (χ3v) is 7.29. The molecule has 2 aliphatic rings. The van der Waals surface area contributed by atoms with Gasteiger partial charge < -0.3 is 10.2 Å². The van der Waals surface area contributed by atoms with Crippen molar-refractivity contribution in [3.05, 3.63) is 83.6 Å². The van der Waals surface area contributed by atoms with Gasteiger partial charge >= 0.3 is 6.18 Å². The van der Waals surface area contributed by atoms with E-state index in [1.807, 2.05) is 18.2 Å². The minimum absolute atomic E-state index is 0.238. The number of likely N-dealkylation sites (N-methyl/N-ethyl adjacent to an activating group) is 1. The largest absolute Gasteiger partial charge is 0.415 e. The number of alkyl halides is 3. The number of amides is 1. The molecule has 1 amide bonds. The highest BCUT2D eigenvalue weighted by atomic mass is 19.4.